The summed E-state index contributed by atoms with van der Waals surface area (Å²) >= 11 is 1.55. The van der Waals surface area contributed by atoms with E-state index in [4.69, 9.17) is 0 Å². The second-order valence-electron chi connectivity index (χ2n) is 4.33. The van der Waals surface area contributed by atoms with Crippen LogP contribution < -0.4 is 0 Å². The van der Waals surface area contributed by atoms with Crippen molar-refractivity contribution in [3.63, 3.8) is 0 Å². The first-order chi connectivity index (χ1) is 8.42. The van der Waals surface area contributed by atoms with E-state index in [2.05, 4.69) is 0 Å². The lowest BCUT2D eigenvalue weighted by Crippen LogP contribution is -2.38. The molecule has 0 saturated carbocycles. The van der Waals surface area contributed by atoms with Gasteiger partial charge < -0.3 is 0 Å². The molecule has 1 aromatic rings. The van der Waals surface area contributed by atoms with E-state index in [0.717, 1.165) is 0 Å². The maximum absolute atomic E-state index is 12.2. The van der Waals surface area contributed by atoms with Crippen molar-refractivity contribution in [2.45, 2.75) is 18.7 Å². The summed E-state index contributed by atoms with van der Waals surface area (Å²) in [6, 6.07) is 5.64. The average molecular weight is 264 g/mol. The summed E-state index contributed by atoms with van der Waals surface area (Å²) in [6.45, 7) is 3.89. The van der Waals surface area contributed by atoms with Gasteiger partial charge in [-0.1, -0.05) is 0 Å². The minimum atomic E-state index is -0.482. The van der Waals surface area contributed by atoms with Gasteiger partial charge in [0.1, 0.15) is 0 Å². The van der Waals surface area contributed by atoms with E-state index >= 15 is 0 Å². The van der Waals surface area contributed by atoms with Crippen molar-refractivity contribution in [1.29, 1.82) is 0 Å². The molecule has 1 heterocycles. The first-order valence-electron chi connectivity index (χ1n) is 5.34. The molecule has 0 atom stereocenters. The minimum Gasteiger partial charge on any atom is -0.300 e. The molecule has 0 aromatic heterocycles. The van der Waals surface area contributed by atoms with Gasteiger partial charge in [0, 0.05) is 23.9 Å². The zero-order chi connectivity index (χ0) is 13.3. The number of benzene rings is 1. The Balaban J connectivity index is 2.24. The third-order valence-electron chi connectivity index (χ3n) is 2.69. The lowest BCUT2D eigenvalue weighted by Gasteiger charge is -2.29. The standard InChI is InChI=1S/C12H12N2O3S/c1-12(2)13(7-8-18-12)11(15)9-3-5-10(6-4-9)14(16)17/h3-8H,1-2H3. The molecule has 0 fully saturated rings. The summed E-state index contributed by atoms with van der Waals surface area (Å²) in [6.07, 6.45) is 1.73. The number of non-ortho nitro benzene ring substituents is 1. The van der Waals surface area contributed by atoms with E-state index in [1.807, 2.05) is 19.3 Å². The number of carbonyl (C=O) groups excluding carboxylic acids is 1. The largest absolute Gasteiger partial charge is 0.300 e. The van der Waals surface area contributed by atoms with Crippen molar-refractivity contribution in [2.75, 3.05) is 0 Å². The number of nitrogens with zero attached hydrogens (tertiary/aromatic N) is 2. The molecule has 0 spiro atoms. The molecule has 0 aliphatic carbocycles. The molecule has 18 heavy (non-hydrogen) atoms. The molecular weight excluding hydrogens is 252 g/mol. The van der Waals surface area contributed by atoms with Crippen molar-refractivity contribution in [1.82, 2.24) is 4.90 Å². The van der Waals surface area contributed by atoms with Crippen LogP contribution in [0.1, 0.15) is 24.2 Å². The maximum atomic E-state index is 12.2. The topological polar surface area (TPSA) is 63.5 Å². The summed E-state index contributed by atoms with van der Waals surface area (Å²) < 4.78 is 0. The number of amides is 1. The molecule has 6 heteroatoms. The van der Waals surface area contributed by atoms with E-state index in [0.29, 0.717) is 5.56 Å². The van der Waals surface area contributed by atoms with Crippen LogP contribution in [-0.4, -0.2) is 20.6 Å². The molecule has 0 bridgehead atoms. The van der Waals surface area contributed by atoms with E-state index in [-0.39, 0.29) is 16.5 Å². The van der Waals surface area contributed by atoms with Crippen LogP contribution in [-0.2, 0) is 0 Å². The van der Waals surface area contributed by atoms with Gasteiger partial charge in [-0.25, -0.2) is 0 Å². The zero-order valence-corrected chi connectivity index (χ0v) is 10.8. The van der Waals surface area contributed by atoms with Crippen LogP contribution in [0.25, 0.3) is 0 Å². The molecule has 0 unspecified atom stereocenters. The third kappa shape index (κ3) is 2.24. The van der Waals surface area contributed by atoms with E-state index in [1.54, 1.807) is 22.9 Å². The summed E-state index contributed by atoms with van der Waals surface area (Å²) in [5.41, 5.74) is 0.429. The van der Waals surface area contributed by atoms with Gasteiger partial charge in [-0.3, -0.25) is 19.8 Å². The monoisotopic (exact) mass is 264 g/mol. The fraction of sp³-hybridized carbons (Fsp3) is 0.250. The third-order valence-corrected chi connectivity index (χ3v) is 3.72. The highest BCUT2D eigenvalue weighted by Crippen LogP contribution is 2.36. The number of thioether (sulfide) groups is 1. The Morgan fingerprint density at radius 3 is 2.39 bits per heavy atom. The van der Waals surface area contributed by atoms with Gasteiger partial charge in [-0.2, -0.15) is 0 Å². The minimum absolute atomic E-state index is 0.0165. The second-order valence-corrected chi connectivity index (χ2v) is 5.84. The predicted octanol–water partition coefficient (Wildman–Crippen LogP) is 2.99. The predicted molar refractivity (Wildman–Crippen MR) is 70.1 cm³/mol. The Labute approximate surface area is 109 Å². The summed E-state index contributed by atoms with van der Waals surface area (Å²) in [5, 5.41) is 12.4. The molecule has 0 radical (unpaired) electrons. The molecule has 1 aliphatic heterocycles. The fourth-order valence-corrected chi connectivity index (χ4v) is 2.44. The highest BCUT2D eigenvalue weighted by atomic mass is 32.2. The lowest BCUT2D eigenvalue weighted by molar-refractivity contribution is -0.384. The van der Waals surface area contributed by atoms with Crippen LogP contribution in [0.5, 0.6) is 0 Å². The van der Waals surface area contributed by atoms with Gasteiger partial charge in [0.25, 0.3) is 11.6 Å². The van der Waals surface area contributed by atoms with Crippen LogP contribution in [0.3, 0.4) is 0 Å². The summed E-state index contributed by atoms with van der Waals surface area (Å²) in [7, 11) is 0. The number of rotatable bonds is 2. The molecule has 1 amide bonds. The van der Waals surface area contributed by atoms with Gasteiger partial charge >= 0.3 is 0 Å². The highest BCUT2D eigenvalue weighted by Gasteiger charge is 2.33. The normalized spacial score (nSPS) is 16.9. The van der Waals surface area contributed by atoms with E-state index in [1.165, 1.54) is 24.3 Å². The first kappa shape index (κ1) is 12.6. The van der Waals surface area contributed by atoms with E-state index in [9.17, 15) is 14.9 Å². The second kappa shape index (κ2) is 4.45. The molecule has 0 saturated heterocycles. The molecule has 0 N–H and O–H groups in total. The molecule has 1 aliphatic rings. The number of nitro groups is 1. The van der Waals surface area contributed by atoms with Crippen LogP contribution in [0.2, 0.25) is 0 Å². The molecule has 5 nitrogen and oxygen atoms in total. The van der Waals surface area contributed by atoms with Crippen molar-refractivity contribution < 1.29 is 9.72 Å². The molecule has 94 valence electrons. The van der Waals surface area contributed by atoms with Crippen LogP contribution in [0.15, 0.2) is 35.9 Å². The number of hydrogen-bond donors (Lipinski definition) is 0. The fourth-order valence-electron chi connectivity index (χ4n) is 1.67. The quantitative estimate of drug-likeness (QED) is 0.608. The van der Waals surface area contributed by atoms with Gasteiger partial charge in [0.05, 0.1) is 9.79 Å². The van der Waals surface area contributed by atoms with Gasteiger partial charge in [0.15, 0.2) is 0 Å². The number of carbonyl (C=O) groups is 1. The Hall–Kier alpha value is -1.82. The van der Waals surface area contributed by atoms with Gasteiger partial charge in [-0.05, 0) is 31.4 Å². The van der Waals surface area contributed by atoms with Gasteiger partial charge in [-0.15, -0.1) is 11.8 Å². The lowest BCUT2D eigenvalue weighted by atomic mass is 10.1. The van der Waals surface area contributed by atoms with Crippen LogP contribution in [0.4, 0.5) is 5.69 Å². The molecule has 2 rings (SSSR count). The Bertz CT molecular complexity index is 523. The molecule has 1 aromatic carbocycles. The molecular formula is C12H12N2O3S. The number of nitro benzene ring substituents is 1. The smallest absolute Gasteiger partial charge is 0.269 e. The van der Waals surface area contributed by atoms with Crippen molar-refractivity contribution in [2.24, 2.45) is 0 Å². The van der Waals surface area contributed by atoms with Crippen LogP contribution >= 0.6 is 11.8 Å². The van der Waals surface area contributed by atoms with Crippen molar-refractivity contribution in [3.05, 3.63) is 51.6 Å². The van der Waals surface area contributed by atoms with Crippen molar-refractivity contribution in [3.8, 4) is 0 Å². The highest BCUT2D eigenvalue weighted by molar-refractivity contribution is 8.03. The van der Waals surface area contributed by atoms with E-state index < -0.39 is 4.92 Å². The Kier molecular flexibility index (Phi) is 3.13. The summed E-state index contributed by atoms with van der Waals surface area (Å²) in [4.78, 5) is 23.6. The summed E-state index contributed by atoms with van der Waals surface area (Å²) in [5.74, 6) is -0.156. The zero-order valence-electron chi connectivity index (χ0n) is 9.99. The Morgan fingerprint density at radius 1 is 1.33 bits per heavy atom. The van der Waals surface area contributed by atoms with Crippen LogP contribution in [0, 0.1) is 10.1 Å². The van der Waals surface area contributed by atoms with Gasteiger partial charge in [0.2, 0.25) is 0 Å². The average Bonchev–Trinajstić information content (AvgIpc) is 2.68. The maximum Gasteiger partial charge on any atom is 0.269 e. The number of hydrogen-bond acceptors (Lipinski definition) is 4. The SMILES string of the molecule is CC1(C)SC=CN1C(=O)c1ccc([N+](=O)[O-])cc1. The van der Waals surface area contributed by atoms with Crippen molar-refractivity contribution >= 4 is 23.4 Å². The Morgan fingerprint density at radius 2 is 1.94 bits per heavy atom. The first-order valence-corrected chi connectivity index (χ1v) is 6.22.